The number of benzene rings is 1. The van der Waals surface area contributed by atoms with Crippen LogP contribution in [0.5, 0.6) is 5.75 Å². The number of carbonyl (C=O) groups is 3. The van der Waals surface area contributed by atoms with Crippen LogP contribution in [0.3, 0.4) is 0 Å². The molecule has 1 fully saturated rings. The number of ether oxygens (including phenoxy) is 1. The summed E-state index contributed by atoms with van der Waals surface area (Å²) in [6.07, 6.45) is 0.337. The van der Waals surface area contributed by atoms with E-state index >= 15 is 0 Å². The Morgan fingerprint density at radius 1 is 1.24 bits per heavy atom. The number of hydrogen-bond acceptors (Lipinski definition) is 5. The highest BCUT2D eigenvalue weighted by molar-refractivity contribution is 7.16. The van der Waals surface area contributed by atoms with Gasteiger partial charge in [-0.15, -0.1) is 0 Å². The Kier molecular flexibility index (Phi) is 4.98. The average Bonchev–Trinajstić information content (AvgIpc) is 3.09. The fourth-order valence-corrected chi connectivity index (χ4v) is 3.95. The average molecular weight is 361 g/mol. The molecular formula is C17H19N3O4S. The lowest BCUT2D eigenvalue weighted by Gasteiger charge is -2.10. The molecule has 132 valence electrons. The molecule has 3 amide bonds. The van der Waals surface area contributed by atoms with E-state index in [9.17, 15) is 14.4 Å². The van der Waals surface area contributed by atoms with Gasteiger partial charge in [-0.05, 0) is 26.0 Å². The molecule has 7 nitrogen and oxygen atoms in total. The van der Waals surface area contributed by atoms with E-state index in [0.717, 1.165) is 20.9 Å². The number of para-hydroxylation sites is 1. The van der Waals surface area contributed by atoms with Gasteiger partial charge in [-0.25, -0.2) is 0 Å². The molecule has 0 N–H and O–H groups in total. The smallest absolute Gasteiger partial charge is 0.268 e. The number of likely N-dealkylation sites (tertiary alicyclic amines) is 1. The van der Waals surface area contributed by atoms with Crippen molar-refractivity contribution in [3.05, 3.63) is 23.0 Å². The molecule has 2 aromatic rings. The Labute approximate surface area is 148 Å². The largest absolute Gasteiger partial charge is 0.492 e. The molecule has 1 aromatic heterocycles. The Hall–Kier alpha value is -2.48. The van der Waals surface area contributed by atoms with Gasteiger partial charge >= 0.3 is 0 Å². The number of hydrogen-bond donors (Lipinski definition) is 0. The van der Waals surface area contributed by atoms with Gasteiger partial charge in [0.05, 0.1) is 11.3 Å². The zero-order valence-corrected chi connectivity index (χ0v) is 15.0. The first-order valence-corrected chi connectivity index (χ1v) is 9.02. The van der Waals surface area contributed by atoms with Crippen molar-refractivity contribution < 1.29 is 19.1 Å². The second-order valence-electron chi connectivity index (χ2n) is 5.54. The van der Waals surface area contributed by atoms with Crippen LogP contribution in [0.25, 0.3) is 10.2 Å². The molecule has 1 aromatic carbocycles. The summed E-state index contributed by atoms with van der Waals surface area (Å²) in [5.74, 6) is -0.383. The third kappa shape index (κ3) is 3.34. The van der Waals surface area contributed by atoms with E-state index in [2.05, 4.69) is 4.99 Å². The Bertz CT molecular complexity index is 896. The topological polar surface area (TPSA) is 81.0 Å². The van der Waals surface area contributed by atoms with Crippen LogP contribution in [-0.2, 0) is 20.9 Å². The summed E-state index contributed by atoms with van der Waals surface area (Å²) >= 11 is 1.38. The Balaban J connectivity index is 1.98. The molecule has 25 heavy (non-hydrogen) atoms. The van der Waals surface area contributed by atoms with Crippen LogP contribution in [0, 0.1) is 0 Å². The molecular weight excluding hydrogens is 342 g/mol. The van der Waals surface area contributed by atoms with Crippen molar-refractivity contribution in [2.75, 3.05) is 13.2 Å². The number of fused-ring (bicyclic) bond motifs is 1. The van der Waals surface area contributed by atoms with E-state index in [1.54, 1.807) is 0 Å². The molecule has 8 heteroatoms. The zero-order valence-electron chi connectivity index (χ0n) is 14.2. The van der Waals surface area contributed by atoms with Gasteiger partial charge in [0.15, 0.2) is 4.80 Å². The summed E-state index contributed by atoms with van der Waals surface area (Å²) in [5, 5.41) is 0. The van der Waals surface area contributed by atoms with Gasteiger partial charge in [-0.3, -0.25) is 19.3 Å². The maximum absolute atomic E-state index is 12.3. The number of thiazole rings is 1. The van der Waals surface area contributed by atoms with Gasteiger partial charge in [-0.2, -0.15) is 4.99 Å². The molecule has 1 aliphatic heterocycles. The number of aromatic nitrogens is 1. The Morgan fingerprint density at radius 3 is 2.60 bits per heavy atom. The normalized spacial score (nSPS) is 15.4. The lowest BCUT2D eigenvalue weighted by atomic mass is 10.3. The molecule has 2 heterocycles. The van der Waals surface area contributed by atoms with Crippen molar-refractivity contribution in [2.45, 2.75) is 33.2 Å². The van der Waals surface area contributed by atoms with Crippen molar-refractivity contribution in [2.24, 2.45) is 4.99 Å². The highest BCUT2D eigenvalue weighted by Crippen LogP contribution is 2.27. The molecule has 0 aliphatic carbocycles. The summed E-state index contributed by atoms with van der Waals surface area (Å²) in [6.45, 7) is 4.75. The van der Waals surface area contributed by atoms with Crippen LogP contribution in [0.4, 0.5) is 0 Å². The number of carbonyl (C=O) groups excluding carboxylic acids is 3. The minimum Gasteiger partial charge on any atom is -0.492 e. The van der Waals surface area contributed by atoms with Crippen molar-refractivity contribution >= 4 is 39.3 Å². The maximum atomic E-state index is 12.3. The lowest BCUT2D eigenvalue weighted by Crippen LogP contribution is -2.34. The second-order valence-corrected chi connectivity index (χ2v) is 6.55. The number of nitrogens with zero attached hydrogens (tertiary/aromatic N) is 3. The van der Waals surface area contributed by atoms with Gasteiger partial charge < -0.3 is 9.30 Å². The second kappa shape index (κ2) is 7.18. The monoisotopic (exact) mass is 361 g/mol. The number of aryl methyl sites for hydroxylation is 1. The van der Waals surface area contributed by atoms with Crippen molar-refractivity contribution in [3.8, 4) is 5.75 Å². The zero-order chi connectivity index (χ0) is 18.0. The highest BCUT2D eigenvalue weighted by Gasteiger charge is 2.30. The van der Waals surface area contributed by atoms with Gasteiger partial charge in [0.2, 0.25) is 11.8 Å². The summed E-state index contributed by atoms with van der Waals surface area (Å²) in [7, 11) is 0. The highest BCUT2D eigenvalue weighted by atomic mass is 32.1. The minimum atomic E-state index is -0.504. The first-order valence-electron chi connectivity index (χ1n) is 8.21. The van der Waals surface area contributed by atoms with Crippen LogP contribution >= 0.6 is 11.3 Å². The first kappa shape index (κ1) is 17.3. The third-order valence-corrected chi connectivity index (χ3v) is 4.99. The number of rotatable bonds is 5. The molecule has 0 atom stereocenters. The molecule has 0 bridgehead atoms. The predicted octanol–water partition coefficient (Wildman–Crippen LogP) is 1.70. The van der Waals surface area contributed by atoms with Gasteiger partial charge in [0, 0.05) is 19.4 Å². The SMILES string of the molecule is CCOc1cccc2sc(=NC(=O)CN3C(=O)CCC3=O)n(CC)c12. The number of imide groups is 1. The van der Waals surface area contributed by atoms with E-state index < -0.39 is 5.91 Å². The Morgan fingerprint density at radius 2 is 1.96 bits per heavy atom. The van der Waals surface area contributed by atoms with Crippen LogP contribution in [0.1, 0.15) is 26.7 Å². The number of amides is 3. The van der Waals surface area contributed by atoms with Crippen LogP contribution in [0.2, 0.25) is 0 Å². The van der Waals surface area contributed by atoms with E-state index in [1.165, 1.54) is 11.3 Å². The van der Waals surface area contributed by atoms with Crippen LogP contribution in [-0.4, -0.2) is 40.3 Å². The molecule has 3 rings (SSSR count). The van der Waals surface area contributed by atoms with E-state index in [-0.39, 0.29) is 31.2 Å². The molecule has 1 aliphatic rings. The van der Waals surface area contributed by atoms with Crippen LogP contribution < -0.4 is 9.54 Å². The molecule has 0 unspecified atom stereocenters. The summed E-state index contributed by atoms with van der Waals surface area (Å²) in [4.78, 5) is 41.2. The van der Waals surface area contributed by atoms with Crippen molar-refractivity contribution in [3.63, 3.8) is 0 Å². The molecule has 1 saturated heterocycles. The fraction of sp³-hybridized carbons (Fsp3) is 0.412. The maximum Gasteiger partial charge on any atom is 0.268 e. The lowest BCUT2D eigenvalue weighted by molar-refractivity contribution is -0.141. The van der Waals surface area contributed by atoms with Gasteiger partial charge in [-0.1, -0.05) is 17.4 Å². The van der Waals surface area contributed by atoms with Crippen molar-refractivity contribution in [1.29, 1.82) is 0 Å². The van der Waals surface area contributed by atoms with E-state index in [4.69, 9.17) is 4.74 Å². The van der Waals surface area contributed by atoms with Gasteiger partial charge in [0.1, 0.15) is 17.8 Å². The molecule has 0 spiro atoms. The van der Waals surface area contributed by atoms with E-state index in [0.29, 0.717) is 18.0 Å². The third-order valence-electron chi connectivity index (χ3n) is 3.95. The quantitative estimate of drug-likeness (QED) is 0.759. The molecule has 0 radical (unpaired) electrons. The van der Waals surface area contributed by atoms with Crippen LogP contribution in [0.15, 0.2) is 23.2 Å². The summed E-state index contributed by atoms with van der Waals surface area (Å²) in [6, 6.07) is 5.74. The molecule has 0 saturated carbocycles. The van der Waals surface area contributed by atoms with E-state index in [1.807, 2.05) is 36.6 Å². The summed E-state index contributed by atoms with van der Waals surface area (Å²) in [5.41, 5.74) is 0.900. The predicted molar refractivity (Wildman–Crippen MR) is 93.2 cm³/mol. The van der Waals surface area contributed by atoms with Gasteiger partial charge in [0.25, 0.3) is 5.91 Å². The summed E-state index contributed by atoms with van der Waals surface area (Å²) < 4.78 is 8.56. The first-order chi connectivity index (χ1) is 12.0. The standard InChI is InChI=1S/C17H19N3O4S/c1-3-19-16-11(24-4-2)6-5-7-12(16)25-17(19)18-13(21)10-20-14(22)8-9-15(20)23/h5-7H,3-4,8-10H2,1-2H3. The minimum absolute atomic E-state index is 0.168. The fourth-order valence-electron chi connectivity index (χ4n) is 2.82. The van der Waals surface area contributed by atoms with Crippen molar-refractivity contribution in [1.82, 2.24) is 9.47 Å².